The van der Waals surface area contributed by atoms with Crippen LogP contribution in [0.5, 0.6) is 5.75 Å². The van der Waals surface area contributed by atoms with Crippen molar-refractivity contribution in [2.75, 3.05) is 5.32 Å². The highest BCUT2D eigenvalue weighted by Crippen LogP contribution is 2.25. The summed E-state index contributed by atoms with van der Waals surface area (Å²) in [6.45, 7) is 0. The Morgan fingerprint density at radius 3 is 2.64 bits per heavy atom. The Morgan fingerprint density at radius 1 is 1.23 bits per heavy atom. The molecule has 0 bridgehead atoms. The molecule has 2 rings (SSSR count). The van der Waals surface area contributed by atoms with Gasteiger partial charge >= 0.3 is 0 Å². The first kappa shape index (κ1) is 16.3. The third-order valence-electron chi connectivity index (χ3n) is 2.73. The lowest BCUT2D eigenvalue weighted by molar-refractivity contribution is -0.112. The van der Waals surface area contributed by atoms with Gasteiger partial charge < -0.3 is 10.4 Å². The molecule has 0 fully saturated rings. The van der Waals surface area contributed by atoms with Crippen molar-refractivity contribution in [1.29, 1.82) is 5.26 Å². The fourth-order valence-electron chi connectivity index (χ4n) is 1.69. The smallest absolute Gasteiger partial charge is 0.266 e. The van der Waals surface area contributed by atoms with Gasteiger partial charge in [0.25, 0.3) is 5.91 Å². The number of carbonyl (C=O) groups excluding carboxylic acids is 1. The maximum atomic E-state index is 12.1. The Labute approximate surface area is 144 Å². The lowest BCUT2D eigenvalue weighted by Crippen LogP contribution is -2.13. The summed E-state index contributed by atoms with van der Waals surface area (Å²) in [4.78, 5) is 12.1. The summed E-state index contributed by atoms with van der Waals surface area (Å²) in [7, 11) is 0. The van der Waals surface area contributed by atoms with E-state index >= 15 is 0 Å². The highest BCUT2D eigenvalue weighted by atomic mass is 79.9. The van der Waals surface area contributed by atoms with Gasteiger partial charge in [-0.25, -0.2) is 0 Å². The Bertz CT molecular complexity index is 795. The first-order chi connectivity index (χ1) is 10.5. The van der Waals surface area contributed by atoms with Crippen LogP contribution in [0.25, 0.3) is 6.08 Å². The Balaban J connectivity index is 2.23. The summed E-state index contributed by atoms with van der Waals surface area (Å²) < 4.78 is 1.32. The largest absolute Gasteiger partial charge is 0.507 e. The molecule has 0 atom stereocenters. The van der Waals surface area contributed by atoms with Gasteiger partial charge in [-0.1, -0.05) is 28.1 Å². The number of phenols is 1. The van der Waals surface area contributed by atoms with Gasteiger partial charge in [-0.05, 0) is 57.9 Å². The average molecular weight is 422 g/mol. The Kier molecular flexibility index (Phi) is 5.36. The highest BCUT2D eigenvalue weighted by Gasteiger charge is 2.10. The van der Waals surface area contributed by atoms with E-state index in [1.54, 1.807) is 30.3 Å². The molecule has 2 aromatic rings. The first-order valence-corrected chi connectivity index (χ1v) is 7.75. The number of halogens is 2. The van der Waals surface area contributed by atoms with E-state index in [-0.39, 0.29) is 11.3 Å². The van der Waals surface area contributed by atoms with Crippen molar-refractivity contribution >= 4 is 49.5 Å². The number of anilines is 1. The van der Waals surface area contributed by atoms with Gasteiger partial charge in [-0.15, -0.1) is 0 Å². The summed E-state index contributed by atoms with van der Waals surface area (Å²) in [5.41, 5.74) is 1.19. The Hall–Kier alpha value is -2.10. The van der Waals surface area contributed by atoms with E-state index in [9.17, 15) is 9.90 Å². The van der Waals surface area contributed by atoms with Gasteiger partial charge in [-0.3, -0.25) is 4.79 Å². The van der Waals surface area contributed by atoms with Crippen molar-refractivity contribution in [1.82, 2.24) is 0 Å². The second-order valence-electron chi connectivity index (χ2n) is 4.35. The molecule has 0 spiro atoms. The predicted molar refractivity (Wildman–Crippen MR) is 92.2 cm³/mol. The van der Waals surface area contributed by atoms with Crippen LogP contribution >= 0.6 is 31.9 Å². The van der Waals surface area contributed by atoms with E-state index in [0.717, 1.165) is 4.47 Å². The topological polar surface area (TPSA) is 73.1 Å². The maximum Gasteiger partial charge on any atom is 0.266 e. The fourth-order valence-corrected chi connectivity index (χ4v) is 2.49. The fraction of sp³-hybridized carbons (Fsp3) is 0. The zero-order valence-corrected chi connectivity index (χ0v) is 14.3. The number of carbonyl (C=O) groups is 1. The second kappa shape index (κ2) is 7.25. The van der Waals surface area contributed by atoms with Crippen LogP contribution in [0.1, 0.15) is 5.56 Å². The summed E-state index contributed by atoms with van der Waals surface area (Å²) in [5, 5.41) is 21.3. The molecule has 0 saturated heterocycles. The number of nitrogens with zero attached hydrogens (tertiary/aromatic N) is 1. The number of hydrogen-bond donors (Lipinski definition) is 2. The number of nitrogens with one attached hydrogen (secondary N) is 1. The van der Waals surface area contributed by atoms with Crippen LogP contribution in [0.3, 0.4) is 0 Å². The van der Waals surface area contributed by atoms with Crippen LogP contribution in [0, 0.1) is 11.3 Å². The molecule has 22 heavy (non-hydrogen) atoms. The minimum absolute atomic E-state index is 0.0300. The average Bonchev–Trinajstić information content (AvgIpc) is 2.48. The normalized spacial score (nSPS) is 10.9. The molecule has 0 radical (unpaired) electrons. The molecule has 2 N–H and O–H groups in total. The van der Waals surface area contributed by atoms with Crippen molar-refractivity contribution in [2.45, 2.75) is 0 Å². The van der Waals surface area contributed by atoms with Crippen molar-refractivity contribution in [3.8, 4) is 11.8 Å². The van der Waals surface area contributed by atoms with E-state index in [1.165, 1.54) is 12.1 Å². The van der Waals surface area contributed by atoms with Crippen molar-refractivity contribution in [3.63, 3.8) is 0 Å². The number of phenolic OH excluding ortho intramolecular Hbond substituents is 1. The van der Waals surface area contributed by atoms with E-state index in [2.05, 4.69) is 37.2 Å². The highest BCUT2D eigenvalue weighted by molar-refractivity contribution is 9.10. The summed E-state index contributed by atoms with van der Waals surface area (Å²) in [6, 6.07) is 13.7. The minimum Gasteiger partial charge on any atom is -0.507 e. The van der Waals surface area contributed by atoms with Crippen molar-refractivity contribution in [3.05, 3.63) is 62.5 Å². The quantitative estimate of drug-likeness (QED) is 0.567. The third-order valence-corrected chi connectivity index (χ3v) is 3.86. The molecule has 0 unspecified atom stereocenters. The molecule has 4 nitrogen and oxygen atoms in total. The molecule has 0 aromatic heterocycles. The molecule has 0 aliphatic heterocycles. The standard InChI is InChI=1S/C16H10Br2N2O2/c17-12-2-1-3-13(8-12)20-16(22)11(9-19)6-10-4-5-15(21)14(18)7-10/h1-8,21H,(H,20,22)/b11-6-. The van der Waals surface area contributed by atoms with Gasteiger partial charge in [0.05, 0.1) is 4.47 Å². The van der Waals surface area contributed by atoms with Crippen molar-refractivity contribution < 1.29 is 9.90 Å². The van der Waals surface area contributed by atoms with Gasteiger partial charge in [0.2, 0.25) is 0 Å². The molecule has 110 valence electrons. The van der Waals surface area contributed by atoms with E-state index in [4.69, 9.17) is 5.26 Å². The number of aromatic hydroxyl groups is 1. The van der Waals surface area contributed by atoms with E-state index < -0.39 is 5.91 Å². The van der Waals surface area contributed by atoms with E-state index in [1.807, 2.05) is 12.1 Å². The number of rotatable bonds is 3. The summed E-state index contributed by atoms with van der Waals surface area (Å²) in [6.07, 6.45) is 1.46. The van der Waals surface area contributed by atoms with Crippen LogP contribution in [0.15, 0.2) is 57.0 Å². The molecule has 0 aliphatic rings. The second-order valence-corrected chi connectivity index (χ2v) is 6.12. The van der Waals surface area contributed by atoms with Crippen molar-refractivity contribution in [2.24, 2.45) is 0 Å². The molecular formula is C16H10Br2N2O2. The monoisotopic (exact) mass is 420 g/mol. The molecule has 6 heteroatoms. The van der Waals surface area contributed by atoms with Crippen LogP contribution in [-0.4, -0.2) is 11.0 Å². The Morgan fingerprint density at radius 2 is 2.00 bits per heavy atom. The molecule has 0 aliphatic carbocycles. The van der Waals surface area contributed by atoms with Crippen LogP contribution in [-0.2, 0) is 4.79 Å². The lowest BCUT2D eigenvalue weighted by Gasteiger charge is -2.05. The third kappa shape index (κ3) is 4.20. The van der Waals surface area contributed by atoms with Crippen LogP contribution in [0.2, 0.25) is 0 Å². The zero-order valence-electron chi connectivity index (χ0n) is 11.2. The molecule has 2 aromatic carbocycles. The zero-order chi connectivity index (χ0) is 16.1. The number of amides is 1. The SMILES string of the molecule is N#C/C(=C/c1ccc(O)c(Br)c1)C(=O)Nc1cccc(Br)c1. The first-order valence-electron chi connectivity index (χ1n) is 6.17. The summed E-state index contributed by atoms with van der Waals surface area (Å²) in [5.74, 6) is -0.404. The van der Waals surface area contributed by atoms with Gasteiger partial charge in [-0.2, -0.15) is 5.26 Å². The number of nitriles is 1. The minimum atomic E-state index is -0.496. The predicted octanol–water partition coefficient (Wildman–Crippen LogP) is 4.46. The molecule has 1 amide bonds. The number of hydrogen-bond acceptors (Lipinski definition) is 3. The number of benzene rings is 2. The van der Waals surface area contributed by atoms with E-state index in [0.29, 0.717) is 15.7 Å². The van der Waals surface area contributed by atoms with Crippen LogP contribution in [0.4, 0.5) is 5.69 Å². The molecular weight excluding hydrogens is 412 g/mol. The lowest BCUT2D eigenvalue weighted by atomic mass is 10.1. The van der Waals surface area contributed by atoms with Gasteiger partial charge in [0, 0.05) is 10.2 Å². The van der Waals surface area contributed by atoms with Gasteiger partial charge in [0.1, 0.15) is 17.4 Å². The maximum absolute atomic E-state index is 12.1. The molecule has 0 saturated carbocycles. The van der Waals surface area contributed by atoms with Gasteiger partial charge in [0.15, 0.2) is 0 Å². The summed E-state index contributed by atoms with van der Waals surface area (Å²) >= 11 is 6.50. The molecule has 0 heterocycles. The van der Waals surface area contributed by atoms with Crippen LogP contribution < -0.4 is 5.32 Å².